The van der Waals surface area contributed by atoms with Gasteiger partial charge in [-0.15, -0.1) is 0 Å². The molecule has 24 heavy (non-hydrogen) atoms. The number of aromatic nitrogens is 5. The third-order valence-corrected chi connectivity index (χ3v) is 4.62. The predicted octanol–water partition coefficient (Wildman–Crippen LogP) is 0.840. The number of nitrogens with two attached hydrogens (primary N) is 2. The molecular weight excluding hydrogens is 304 g/mol. The Hall–Kier alpha value is -2.45. The minimum Gasteiger partial charge on any atom is -0.384 e. The molecule has 8 nitrogen and oxygen atoms in total. The van der Waals surface area contributed by atoms with Crippen LogP contribution in [-0.2, 0) is 13.5 Å². The Morgan fingerprint density at radius 1 is 1.29 bits per heavy atom. The molecule has 3 aromatic heterocycles. The molecule has 1 fully saturated rings. The second-order valence-electron chi connectivity index (χ2n) is 6.58. The fourth-order valence-electron chi connectivity index (χ4n) is 3.47. The molecule has 0 aromatic carbocycles. The van der Waals surface area contributed by atoms with Gasteiger partial charge < -0.3 is 5.73 Å². The van der Waals surface area contributed by atoms with Crippen LogP contribution < -0.4 is 11.6 Å². The Morgan fingerprint density at radius 2 is 2.17 bits per heavy atom. The smallest absolute Gasteiger partial charge is 0.165 e. The zero-order valence-electron chi connectivity index (χ0n) is 13.8. The van der Waals surface area contributed by atoms with Crippen molar-refractivity contribution in [2.75, 3.05) is 18.8 Å². The average Bonchev–Trinajstić information content (AvgIpc) is 3.13. The van der Waals surface area contributed by atoms with Gasteiger partial charge in [-0.1, -0.05) is 0 Å². The molecule has 0 saturated carbocycles. The third-order valence-electron chi connectivity index (χ3n) is 4.62. The monoisotopic (exact) mass is 326 g/mol. The highest BCUT2D eigenvalue weighted by atomic mass is 15.4. The van der Waals surface area contributed by atoms with Crippen molar-refractivity contribution in [3.05, 3.63) is 30.4 Å². The maximum Gasteiger partial charge on any atom is 0.165 e. The van der Waals surface area contributed by atoms with Gasteiger partial charge in [0.25, 0.3) is 0 Å². The first kappa shape index (κ1) is 15.1. The number of hydrogen-bond acceptors (Lipinski definition) is 6. The molecule has 1 aliphatic heterocycles. The van der Waals surface area contributed by atoms with Crippen LogP contribution in [0.3, 0.4) is 0 Å². The molecule has 4 heterocycles. The van der Waals surface area contributed by atoms with Crippen LogP contribution in [0.1, 0.15) is 18.5 Å². The van der Waals surface area contributed by atoms with E-state index < -0.39 is 0 Å². The molecule has 0 amide bonds. The summed E-state index contributed by atoms with van der Waals surface area (Å²) in [5.74, 6) is 7.07. The van der Waals surface area contributed by atoms with Crippen molar-refractivity contribution in [2.24, 2.45) is 18.8 Å². The Balaban J connectivity index is 1.70. The molecule has 0 radical (unpaired) electrons. The van der Waals surface area contributed by atoms with E-state index >= 15 is 0 Å². The first-order valence-electron chi connectivity index (χ1n) is 8.22. The van der Waals surface area contributed by atoms with Gasteiger partial charge in [-0.25, -0.2) is 9.99 Å². The molecule has 4 N–H and O–H groups in total. The van der Waals surface area contributed by atoms with E-state index in [4.69, 9.17) is 16.6 Å². The standard InChI is InChI=1S/C16H22N8/c1-22-10-12(7-19-22)14-8-20-24-15(17)6-13(21-16(14)24)5-11-3-2-4-23(18)9-11/h6-8,10-11H,2-5,9,17-18H2,1H3. The second-order valence-corrected chi connectivity index (χ2v) is 6.58. The van der Waals surface area contributed by atoms with Gasteiger partial charge in [0.05, 0.1) is 12.4 Å². The number of rotatable bonds is 3. The summed E-state index contributed by atoms with van der Waals surface area (Å²) in [4.78, 5) is 4.82. The van der Waals surface area contributed by atoms with Crippen molar-refractivity contribution in [3.8, 4) is 11.1 Å². The van der Waals surface area contributed by atoms with E-state index in [0.29, 0.717) is 11.7 Å². The van der Waals surface area contributed by atoms with Gasteiger partial charge in [-0.2, -0.15) is 14.7 Å². The summed E-state index contributed by atoms with van der Waals surface area (Å²) in [6.07, 6.45) is 8.75. The lowest BCUT2D eigenvalue weighted by Crippen LogP contribution is -2.41. The Labute approximate surface area is 140 Å². The van der Waals surface area contributed by atoms with E-state index in [1.54, 1.807) is 15.4 Å². The van der Waals surface area contributed by atoms with Crippen LogP contribution in [0.5, 0.6) is 0 Å². The van der Waals surface area contributed by atoms with Crippen LogP contribution in [0.25, 0.3) is 16.8 Å². The predicted molar refractivity (Wildman–Crippen MR) is 91.8 cm³/mol. The normalized spacial score (nSPS) is 19.2. The van der Waals surface area contributed by atoms with Crippen molar-refractivity contribution in [3.63, 3.8) is 0 Å². The zero-order chi connectivity index (χ0) is 16.7. The lowest BCUT2D eigenvalue weighted by Gasteiger charge is -2.29. The van der Waals surface area contributed by atoms with E-state index in [9.17, 15) is 0 Å². The quantitative estimate of drug-likeness (QED) is 0.691. The highest BCUT2D eigenvalue weighted by Crippen LogP contribution is 2.26. The lowest BCUT2D eigenvalue weighted by molar-refractivity contribution is 0.177. The van der Waals surface area contributed by atoms with Crippen molar-refractivity contribution >= 4 is 11.5 Å². The maximum atomic E-state index is 6.19. The topological polar surface area (TPSA) is 103 Å². The molecule has 8 heteroatoms. The first-order chi connectivity index (χ1) is 11.6. The van der Waals surface area contributed by atoms with Crippen molar-refractivity contribution in [2.45, 2.75) is 19.3 Å². The van der Waals surface area contributed by atoms with Crippen LogP contribution >= 0.6 is 0 Å². The van der Waals surface area contributed by atoms with Gasteiger partial charge in [0.1, 0.15) is 5.82 Å². The molecule has 1 aliphatic rings. The minimum absolute atomic E-state index is 0.517. The molecule has 0 aliphatic carbocycles. The second kappa shape index (κ2) is 5.88. The molecule has 1 atom stereocenters. The number of nitrogen functional groups attached to an aromatic ring is 1. The van der Waals surface area contributed by atoms with E-state index in [1.165, 1.54) is 6.42 Å². The van der Waals surface area contributed by atoms with Crippen LogP contribution in [0.4, 0.5) is 5.82 Å². The summed E-state index contributed by atoms with van der Waals surface area (Å²) in [5.41, 5.74) is 9.89. The third kappa shape index (κ3) is 2.74. The molecule has 0 spiro atoms. The lowest BCUT2D eigenvalue weighted by atomic mass is 9.94. The van der Waals surface area contributed by atoms with E-state index in [0.717, 1.165) is 48.4 Å². The van der Waals surface area contributed by atoms with Gasteiger partial charge in [0.2, 0.25) is 0 Å². The summed E-state index contributed by atoms with van der Waals surface area (Å²) >= 11 is 0. The van der Waals surface area contributed by atoms with Gasteiger partial charge in [0, 0.05) is 49.2 Å². The molecule has 0 bridgehead atoms. The van der Waals surface area contributed by atoms with Crippen LogP contribution in [0.2, 0.25) is 0 Å². The van der Waals surface area contributed by atoms with Crippen molar-refractivity contribution in [1.82, 2.24) is 29.4 Å². The van der Waals surface area contributed by atoms with Crippen molar-refractivity contribution < 1.29 is 0 Å². The number of hydrogen-bond donors (Lipinski definition) is 2. The number of nitrogens with zero attached hydrogens (tertiary/aromatic N) is 6. The zero-order valence-corrected chi connectivity index (χ0v) is 13.8. The molecule has 126 valence electrons. The molecule has 1 unspecified atom stereocenters. The van der Waals surface area contributed by atoms with Gasteiger partial charge in [-0.05, 0) is 25.2 Å². The highest BCUT2D eigenvalue weighted by molar-refractivity contribution is 5.77. The molecular formula is C16H22N8. The molecule has 4 rings (SSSR count). The van der Waals surface area contributed by atoms with Gasteiger partial charge in [-0.3, -0.25) is 10.5 Å². The first-order valence-corrected chi connectivity index (χ1v) is 8.22. The number of fused-ring (bicyclic) bond motifs is 1. The summed E-state index contributed by atoms with van der Waals surface area (Å²) in [6.45, 7) is 1.88. The fraction of sp³-hybridized carbons (Fsp3) is 0.438. The number of aryl methyl sites for hydroxylation is 1. The average molecular weight is 326 g/mol. The van der Waals surface area contributed by atoms with Gasteiger partial charge in [0.15, 0.2) is 5.65 Å². The van der Waals surface area contributed by atoms with Crippen LogP contribution in [0, 0.1) is 5.92 Å². The number of piperidine rings is 1. The van der Waals surface area contributed by atoms with Gasteiger partial charge >= 0.3 is 0 Å². The summed E-state index contributed by atoms with van der Waals surface area (Å²) in [7, 11) is 1.89. The number of anilines is 1. The largest absolute Gasteiger partial charge is 0.384 e. The fourth-order valence-corrected chi connectivity index (χ4v) is 3.47. The minimum atomic E-state index is 0.517. The van der Waals surface area contributed by atoms with E-state index in [-0.39, 0.29) is 0 Å². The molecule has 3 aromatic rings. The Kier molecular flexibility index (Phi) is 3.70. The van der Waals surface area contributed by atoms with Crippen LogP contribution in [-0.4, -0.2) is 42.5 Å². The number of hydrazine groups is 1. The molecule has 1 saturated heterocycles. The van der Waals surface area contributed by atoms with Crippen LogP contribution in [0.15, 0.2) is 24.7 Å². The van der Waals surface area contributed by atoms with E-state index in [2.05, 4.69) is 10.2 Å². The summed E-state index contributed by atoms with van der Waals surface area (Å²) < 4.78 is 3.45. The summed E-state index contributed by atoms with van der Waals surface area (Å²) in [6, 6.07) is 1.92. The maximum absolute atomic E-state index is 6.19. The Bertz CT molecular complexity index is 864. The highest BCUT2D eigenvalue weighted by Gasteiger charge is 2.20. The summed E-state index contributed by atoms with van der Waals surface area (Å²) in [5, 5.41) is 10.5. The SMILES string of the molecule is Cn1cc(-c2cnn3c(N)cc(CC4CCCN(N)C4)nc23)cn1. The Morgan fingerprint density at radius 3 is 2.92 bits per heavy atom. The van der Waals surface area contributed by atoms with Crippen molar-refractivity contribution in [1.29, 1.82) is 0 Å². The van der Waals surface area contributed by atoms with E-state index in [1.807, 2.05) is 30.5 Å².